The van der Waals surface area contributed by atoms with Gasteiger partial charge < -0.3 is 77.4 Å². The predicted molar refractivity (Wildman–Crippen MR) is 499 cm³/mol. The van der Waals surface area contributed by atoms with Gasteiger partial charge in [-0.15, -0.1) is 0 Å². The smallest absolute Gasteiger partial charge is 0.318 e. The van der Waals surface area contributed by atoms with Gasteiger partial charge >= 0.3 is 18.0 Å². The van der Waals surface area contributed by atoms with Crippen LogP contribution in [-0.2, 0) is 67.5 Å². The molecule has 9 aliphatic rings. The minimum Gasteiger partial charge on any atom is -0.461 e. The minimum absolute atomic E-state index is 0.0217. The Morgan fingerprint density at radius 2 is 0.791 bits per heavy atom. The molecular weight excluding hydrogens is 1630 g/mol. The molecule has 129 heavy (non-hydrogen) atoms. The summed E-state index contributed by atoms with van der Waals surface area (Å²) in [6, 6.07) is 52.0. The van der Waals surface area contributed by atoms with Gasteiger partial charge in [0.15, 0.2) is 0 Å². The van der Waals surface area contributed by atoms with Crippen LogP contribution in [-0.4, -0.2) is 291 Å². The average molecular weight is 1750 g/mol. The van der Waals surface area contributed by atoms with E-state index >= 15 is 0 Å². The summed E-state index contributed by atoms with van der Waals surface area (Å²) in [4.78, 5) is 93.1. The molecule has 7 atom stereocenters. The fourth-order valence-electron chi connectivity index (χ4n) is 19.1. The second-order valence-electron chi connectivity index (χ2n) is 35.4. The first-order valence-corrected chi connectivity index (χ1v) is 45.1. The molecule has 0 radical (unpaired) electrons. The number of likely N-dealkylation sites (N-methyl/N-ethyl adjacent to an activating group) is 3. The Balaban J connectivity index is 0.000000142. The molecule has 0 bridgehead atoms. The highest BCUT2D eigenvalue weighted by Gasteiger charge is 2.40. The molecule has 12 heterocycles. The zero-order chi connectivity index (χ0) is 89.8. The molecule has 6 fully saturated rings. The van der Waals surface area contributed by atoms with Crippen molar-refractivity contribution in [3.63, 3.8) is 0 Å². The van der Waals surface area contributed by atoms with Crippen molar-refractivity contribution in [3.8, 4) is 36.2 Å². The summed E-state index contributed by atoms with van der Waals surface area (Å²) in [5.41, 5.74) is 9.66. The summed E-state index contributed by atoms with van der Waals surface area (Å²) in [5, 5.41) is 35.9. The summed E-state index contributed by atoms with van der Waals surface area (Å²) in [5.74, 6) is 2.06. The van der Waals surface area contributed by atoms with Crippen LogP contribution in [0, 0.1) is 34.0 Å². The maximum absolute atomic E-state index is 12.6. The Morgan fingerprint density at radius 3 is 1.14 bits per heavy atom. The van der Waals surface area contributed by atoms with Crippen LogP contribution in [0.2, 0.25) is 0 Å². The molecule has 6 aromatic carbocycles. The molecule has 0 saturated carbocycles. The number of ether oxygens (including phenoxy) is 6. The van der Waals surface area contributed by atoms with Gasteiger partial charge in [-0.1, -0.05) is 129 Å². The summed E-state index contributed by atoms with van der Waals surface area (Å²) in [6.45, 7) is 32.9. The van der Waals surface area contributed by atoms with Crippen molar-refractivity contribution in [2.45, 2.75) is 127 Å². The molecule has 3 amide bonds. The Hall–Kier alpha value is -12.6. The van der Waals surface area contributed by atoms with E-state index in [4.69, 9.17) is 58.3 Å². The van der Waals surface area contributed by atoms with Gasteiger partial charge in [0, 0.05) is 166 Å². The van der Waals surface area contributed by atoms with Gasteiger partial charge in [0.2, 0.25) is 17.7 Å². The molecule has 0 aliphatic carbocycles. The van der Waals surface area contributed by atoms with Crippen LogP contribution in [0.3, 0.4) is 0 Å². The van der Waals surface area contributed by atoms with Gasteiger partial charge in [0.25, 0.3) is 0 Å². The molecule has 30 nitrogen and oxygen atoms in total. The van der Waals surface area contributed by atoms with Crippen LogP contribution in [0.25, 0.3) is 32.3 Å². The zero-order valence-corrected chi connectivity index (χ0v) is 75.0. The van der Waals surface area contributed by atoms with Crippen LogP contribution < -0.4 is 43.6 Å². The Kier molecular flexibility index (Phi) is 28.4. The fraction of sp³-hybridized carbons (Fsp3) is 0.455. The molecule has 9 aromatic rings. The van der Waals surface area contributed by atoms with E-state index in [9.17, 15) is 30.2 Å². The van der Waals surface area contributed by atoms with E-state index in [1.54, 1.807) is 14.7 Å². The zero-order valence-electron chi connectivity index (χ0n) is 75.0. The van der Waals surface area contributed by atoms with Gasteiger partial charge in [-0.05, 0) is 114 Å². The Labute approximate surface area is 755 Å². The summed E-state index contributed by atoms with van der Waals surface area (Å²) < 4.78 is 36.8. The van der Waals surface area contributed by atoms with Gasteiger partial charge in [-0.3, -0.25) is 24.2 Å². The largest absolute Gasteiger partial charge is 0.461 e. The van der Waals surface area contributed by atoms with E-state index in [1.165, 1.54) is 67.6 Å². The van der Waals surface area contributed by atoms with Crippen LogP contribution in [0.1, 0.15) is 73.8 Å². The van der Waals surface area contributed by atoms with Crippen LogP contribution in [0.4, 0.5) is 34.5 Å². The first-order valence-electron chi connectivity index (χ1n) is 45.1. The maximum Gasteiger partial charge on any atom is 0.318 e. The topological polar surface area (TPSA) is 294 Å². The number of hydrogen-bond acceptors (Lipinski definition) is 27. The number of morpholine rings is 3. The number of rotatable bonds is 21. The number of amides is 3. The number of aromatic nitrogens is 6. The van der Waals surface area contributed by atoms with Gasteiger partial charge in [-0.25, -0.2) is 0 Å². The minimum atomic E-state index is -0.250. The third-order valence-electron chi connectivity index (χ3n) is 26.6. The van der Waals surface area contributed by atoms with Crippen LogP contribution in [0.15, 0.2) is 165 Å². The molecule has 0 unspecified atom stereocenters. The second-order valence-corrected chi connectivity index (χ2v) is 35.4. The lowest BCUT2D eigenvalue weighted by atomic mass is 10.0. The monoisotopic (exact) mass is 1740 g/mol. The van der Waals surface area contributed by atoms with E-state index in [2.05, 4.69) is 251 Å². The average Bonchev–Trinajstić information content (AvgIpc) is 0.770. The number of nitriles is 3. The first-order chi connectivity index (χ1) is 62.7. The molecular formula is C99H117N21O9. The molecule has 3 aromatic heterocycles. The quantitative estimate of drug-likeness (QED) is 0.0604. The molecule has 0 N–H and O–H groups in total. The predicted octanol–water partition coefficient (Wildman–Crippen LogP) is 10.2. The van der Waals surface area contributed by atoms with E-state index in [-0.39, 0.29) is 79.0 Å². The number of anilines is 6. The number of carbonyl (C=O) groups excluding carboxylic acids is 3. The van der Waals surface area contributed by atoms with Gasteiger partial charge in [0.05, 0.1) is 112 Å². The summed E-state index contributed by atoms with van der Waals surface area (Å²) in [6.07, 6.45) is 6.83. The lowest BCUT2D eigenvalue weighted by molar-refractivity contribution is -0.129. The van der Waals surface area contributed by atoms with Crippen molar-refractivity contribution >= 4 is 84.6 Å². The van der Waals surface area contributed by atoms with E-state index in [0.29, 0.717) is 142 Å². The van der Waals surface area contributed by atoms with Crippen molar-refractivity contribution in [2.75, 3.05) is 195 Å². The third kappa shape index (κ3) is 20.4. The van der Waals surface area contributed by atoms with Crippen molar-refractivity contribution < 1.29 is 42.8 Å². The highest BCUT2D eigenvalue weighted by molar-refractivity contribution is 5.97. The second kappa shape index (κ2) is 40.8. The highest BCUT2D eigenvalue weighted by atomic mass is 16.6. The number of fused-ring (bicyclic) bond motifs is 6. The van der Waals surface area contributed by atoms with Crippen LogP contribution >= 0.6 is 0 Å². The lowest BCUT2D eigenvalue weighted by Crippen LogP contribution is -2.55. The maximum atomic E-state index is 12.6. The molecule has 30 heteroatoms. The number of carbonyl (C=O) groups is 3. The first kappa shape index (κ1) is 89.8. The van der Waals surface area contributed by atoms with E-state index in [0.717, 1.165) is 116 Å². The molecule has 6 saturated heterocycles. The fourth-order valence-corrected chi connectivity index (χ4v) is 19.1. The summed E-state index contributed by atoms with van der Waals surface area (Å²) >= 11 is 0. The Bertz CT molecular complexity index is 5700. The number of nitrogens with zero attached hydrogens (tertiary/aromatic N) is 21. The van der Waals surface area contributed by atoms with Crippen molar-refractivity contribution in [2.24, 2.45) is 0 Å². The molecule has 0 spiro atoms. The van der Waals surface area contributed by atoms with E-state index < -0.39 is 0 Å². The number of piperazine rings is 3. The van der Waals surface area contributed by atoms with Crippen LogP contribution in [0.5, 0.6) is 18.0 Å². The normalized spacial score (nSPS) is 21.9. The molecule has 672 valence electrons. The molecule has 18 rings (SSSR count). The third-order valence-corrected chi connectivity index (χ3v) is 26.6. The van der Waals surface area contributed by atoms with Gasteiger partial charge in [0.1, 0.15) is 55.6 Å². The standard InChI is InChI=1S/C34H41N7O3.C33H39N7O3.C32H37N7O3/c1-5-31(42)41-18-17-40(19-25(41)13-15-35)32-28-14-16-39(30-12-8-10-24-9-6-7-11-27(24)30)21-29(28)36-33(37-32)43-22-26-20-38(4)34(2,3)23-44-26;1-4-31(41)40-17-16-39(18-25(40)12-14-34)32-28-13-15-38(30-11-7-9-24-8-5-6-10-27(24)30)20-29(28)35-33(36-32)43-22-26-19-37(3)23(2)21-42-26;1-3-30(40)39-16-15-38(19-24(39)11-13-33)31-27-12-14-37(29-10-6-8-23-7-4-5-9-26(23)29)21-28(27)34-32(35-31)42-22-25-20-36(2)17-18-41-25/h5-12,25-26H,1,13-14,16-23H2,2-4H3;4-11,23,25-26H,1,12-13,15-22H2,2-3H3;3-10,24-25H,1,11-12,14-22H2,2H3/t25-,26+;23-,25+,26-;24-,25+/m010/s1. The number of benzene rings is 6. The number of hydrogen-bond donors (Lipinski definition) is 0. The van der Waals surface area contributed by atoms with Crippen molar-refractivity contribution in [3.05, 3.63) is 199 Å². The van der Waals surface area contributed by atoms with E-state index in [1.807, 2.05) is 0 Å². The summed E-state index contributed by atoms with van der Waals surface area (Å²) in [7, 11) is 6.29. The Morgan fingerprint density at radius 1 is 0.434 bits per heavy atom. The van der Waals surface area contributed by atoms with Crippen molar-refractivity contribution in [1.29, 1.82) is 15.8 Å². The SMILES string of the molecule is C=CC(=O)N1CCN(c2nc(OC[C@H]3CN(C)C(C)(C)CO3)nc3c2CCN(c2cccc4ccccc24)C3)C[C@@H]1CC#N.C=CC(=O)N1CCN(c2nc(OC[C@H]3CN(C)CCO3)nc3c2CCN(c2cccc4ccccc24)C3)C[C@@H]1CC#N.C=CC(=O)N1CCN(c2nc(OC[C@H]3CN(C)[C@H](C)CO3)nc3c2CCN(c2cccc4ccccc24)C3)C[C@@H]1CC#N. The molecule has 9 aliphatic heterocycles. The lowest BCUT2D eigenvalue weighted by Gasteiger charge is -2.43. The van der Waals surface area contributed by atoms with Gasteiger partial charge in [-0.2, -0.15) is 45.7 Å². The highest BCUT2D eigenvalue weighted by Crippen LogP contribution is 2.41. The van der Waals surface area contributed by atoms with Crippen molar-refractivity contribution in [1.82, 2.24) is 59.3 Å².